The predicted octanol–water partition coefficient (Wildman–Crippen LogP) is 4.29. The van der Waals surface area contributed by atoms with Crippen LogP contribution in [-0.2, 0) is 5.41 Å². The molecule has 112 valence electrons. The summed E-state index contributed by atoms with van der Waals surface area (Å²) in [6.45, 7) is 6.41. The molecule has 0 saturated carbocycles. The molecule has 2 rings (SSSR count). The number of benzene rings is 1. The van der Waals surface area contributed by atoms with Gasteiger partial charge < -0.3 is 9.47 Å². The third-order valence-corrected chi connectivity index (χ3v) is 4.73. The van der Waals surface area contributed by atoms with Crippen molar-refractivity contribution < 1.29 is 14.3 Å². The van der Waals surface area contributed by atoms with Crippen molar-refractivity contribution in [3.05, 3.63) is 45.6 Å². The molecule has 2 aromatic rings. The van der Waals surface area contributed by atoms with Gasteiger partial charge in [0.05, 0.1) is 24.7 Å². The van der Waals surface area contributed by atoms with Gasteiger partial charge in [0.25, 0.3) is 0 Å². The third kappa shape index (κ3) is 3.27. The minimum absolute atomic E-state index is 0.0359. The molecule has 0 atom stereocenters. The second kappa shape index (κ2) is 5.90. The van der Waals surface area contributed by atoms with Gasteiger partial charge in [-0.1, -0.05) is 20.8 Å². The summed E-state index contributed by atoms with van der Waals surface area (Å²) in [4.78, 5) is 14.6. The van der Waals surface area contributed by atoms with Crippen molar-refractivity contribution in [2.45, 2.75) is 26.2 Å². The van der Waals surface area contributed by atoms with Gasteiger partial charge in [0.2, 0.25) is 5.78 Å². The number of thiophene rings is 1. The Morgan fingerprint density at radius 1 is 1.05 bits per heavy atom. The van der Waals surface area contributed by atoms with Crippen LogP contribution in [-0.4, -0.2) is 20.0 Å². The molecule has 1 heterocycles. The highest BCUT2D eigenvalue weighted by Crippen LogP contribution is 2.33. The molecule has 0 radical (unpaired) electrons. The summed E-state index contributed by atoms with van der Waals surface area (Å²) >= 11 is 1.53. The maximum Gasteiger partial charge on any atom is 0.206 e. The molecule has 4 heteroatoms. The highest BCUT2D eigenvalue weighted by atomic mass is 32.1. The van der Waals surface area contributed by atoms with E-state index in [-0.39, 0.29) is 11.2 Å². The van der Waals surface area contributed by atoms with Gasteiger partial charge >= 0.3 is 0 Å². The zero-order valence-electron chi connectivity index (χ0n) is 13.0. The first-order chi connectivity index (χ1) is 9.86. The average molecular weight is 304 g/mol. The lowest BCUT2D eigenvalue weighted by Crippen LogP contribution is -2.08. The molecular formula is C17H20O3S. The third-order valence-electron chi connectivity index (χ3n) is 3.22. The van der Waals surface area contributed by atoms with Gasteiger partial charge in [-0.2, -0.15) is 0 Å². The predicted molar refractivity (Wildman–Crippen MR) is 86.0 cm³/mol. The molecular weight excluding hydrogens is 284 g/mol. The maximum atomic E-state index is 12.7. The van der Waals surface area contributed by atoms with E-state index in [4.69, 9.17) is 9.47 Å². The summed E-state index contributed by atoms with van der Waals surface area (Å²) in [7, 11) is 3.15. The highest BCUT2D eigenvalue weighted by molar-refractivity contribution is 7.14. The summed E-state index contributed by atoms with van der Waals surface area (Å²) in [6, 6.07) is 9.16. The average Bonchev–Trinajstić information content (AvgIpc) is 2.95. The lowest BCUT2D eigenvalue weighted by Gasteiger charge is -2.15. The summed E-state index contributed by atoms with van der Waals surface area (Å²) in [6.07, 6.45) is 0. The molecule has 0 spiro atoms. The van der Waals surface area contributed by atoms with Crippen molar-refractivity contribution in [3.63, 3.8) is 0 Å². The van der Waals surface area contributed by atoms with Gasteiger partial charge in [0, 0.05) is 4.88 Å². The molecule has 0 N–H and O–H groups in total. The lowest BCUT2D eigenvalue weighted by molar-refractivity contribution is 0.103. The fraction of sp³-hybridized carbons (Fsp3) is 0.353. The minimum Gasteiger partial charge on any atom is -0.497 e. The summed E-state index contributed by atoms with van der Waals surface area (Å²) < 4.78 is 10.5. The summed E-state index contributed by atoms with van der Waals surface area (Å²) in [5.41, 5.74) is 0.570. The number of ether oxygens (including phenoxy) is 2. The fourth-order valence-electron chi connectivity index (χ4n) is 1.99. The van der Waals surface area contributed by atoms with Crippen LogP contribution in [0.2, 0.25) is 0 Å². The van der Waals surface area contributed by atoms with Crippen molar-refractivity contribution in [3.8, 4) is 11.5 Å². The van der Waals surface area contributed by atoms with Crippen LogP contribution < -0.4 is 9.47 Å². The van der Waals surface area contributed by atoms with Gasteiger partial charge in [0.15, 0.2) is 0 Å². The van der Waals surface area contributed by atoms with Gasteiger partial charge in [-0.15, -0.1) is 11.3 Å². The highest BCUT2D eigenvalue weighted by Gasteiger charge is 2.21. The van der Waals surface area contributed by atoms with E-state index in [1.165, 1.54) is 16.2 Å². The van der Waals surface area contributed by atoms with Crippen LogP contribution in [0.1, 0.15) is 40.9 Å². The van der Waals surface area contributed by atoms with Crippen LogP contribution in [0, 0.1) is 0 Å². The molecule has 1 aromatic heterocycles. The second-order valence-electron chi connectivity index (χ2n) is 5.81. The van der Waals surface area contributed by atoms with Gasteiger partial charge in [-0.3, -0.25) is 4.79 Å². The van der Waals surface area contributed by atoms with E-state index in [1.54, 1.807) is 32.4 Å². The largest absolute Gasteiger partial charge is 0.497 e. The van der Waals surface area contributed by atoms with Crippen LogP contribution in [0.5, 0.6) is 11.5 Å². The van der Waals surface area contributed by atoms with Crippen molar-refractivity contribution in [1.29, 1.82) is 0 Å². The Balaban J connectivity index is 2.42. The molecule has 0 saturated heterocycles. The van der Waals surface area contributed by atoms with Crippen molar-refractivity contribution in [2.24, 2.45) is 0 Å². The molecule has 3 nitrogen and oxygen atoms in total. The Morgan fingerprint density at radius 2 is 1.76 bits per heavy atom. The standard InChI is InChI=1S/C17H20O3S/c1-17(2,3)15-9-8-14(21-15)16(18)12-10-11(19-4)6-7-13(12)20-5/h6-10H,1-5H3. The number of carbonyl (C=O) groups excluding carboxylic acids is 1. The molecule has 21 heavy (non-hydrogen) atoms. The monoisotopic (exact) mass is 304 g/mol. The molecule has 0 bridgehead atoms. The molecule has 0 fully saturated rings. The second-order valence-corrected chi connectivity index (χ2v) is 6.89. The SMILES string of the molecule is COc1ccc(OC)c(C(=O)c2ccc(C(C)(C)C)s2)c1. The first kappa shape index (κ1) is 15.6. The lowest BCUT2D eigenvalue weighted by atomic mass is 9.95. The van der Waals surface area contributed by atoms with Crippen LogP contribution in [0.4, 0.5) is 0 Å². The van der Waals surface area contributed by atoms with Crippen LogP contribution in [0.15, 0.2) is 30.3 Å². The number of hydrogen-bond donors (Lipinski definition) is 0. The molecule has 1 aromatic carbocycles. The van der Waals surface area contributed by atoms with E-state index < -0.39 is 0 Å². The van der Waals surface area contributed by atoms with Gasteiger partial charge in [-0.05, 0) is 35.7 Å². The number of methoxy groups -OCH3 is 2. The van der Waals surface area contributed by atoms with Crippen molar-refractivity contribution in [1.82, 2.24) is 0 Å². The van der Waals surface area contributed by atoms with E-state index >= 15 is 0 Å². The first-order valence-corrected chi connectivity index (χ1v) is 7.55. The number of carbonyl (C=O) groups is 1. The van der Waals surface area contributed by atoms with Gasteiger partial charge in [-0.25, -0.2) is 0 Å². The summed E-state index contributed by atoms with van der Waals surface area (Å²) in [5.74, 6) is 1.17. The number of ketones is 1. The molecule has 0 aliphatic rings. The van der Waals surface area contributed by atoms with E-state index in [0.717, 1.165) is 0 Å². The van der Waals surface area contributed by atoms with Gasteiger partial charge in [0.1, 0.15) is 11.5 Å². The van der Waals surface area contributed by atoms with Crippen LogP contribution >= 0.6 is 11.3 Å². The van der Waals surface area contributed by atoms with Crippen LogP contribution in [0.25, 0.3) is 0 Å². The zero-order valence-corrected chi connectivity index (χ0v) is 13.8. The Labute approximate surface area is 129 Å². The fourth-order valence-corrected chi connectivity index (χ4v) is 3.01. The first-order valence-electron chi connectivity index (χ1n) is 6.74. The number of rotatable bonds is 4. The van der Waals surface area contributed by atoms with E-state index in [1.807, 2.05) is 12.1 Å². The normalized spacial score (nSPS) is 11.3. The Morgan fingerprint density at radius 3 is 2.29 bits per heavy atom. The Hall–Kier alpha value is -1.81. The van der Waals surface area contributed by atoms with E-state index in [2.05, 4.69) is 20.8 Å². The van der Waals surface area contributed by atoms with Crippen molar-refractivity contribution in [2.75, 3.05) is 14.2 Å². The van der Waals surface area contributed by atoms with E-state index in [9.17, 15) is 4.79 Å². The molecule has 0 aliphatic heterocycles. The molecule has 0 amide bonds. The topological polar surface area (TPSA) is 35.5 Å². The smallest absolute Gasteiger partial charge is 0.206 e. The summed E-state index contributed by atoms with van der Waals surface area (Å²) in [5, 5.41) is 0. The Bertz CT molecular complexity index is 650. The minimum atomic E-state index is -0.0359. The molecule has 0 aliphatic carbocycles. The Kier molecular flexibility index (Phi) is 4.37. The number of hydrogen-bond acceptors (Lipinski definition) is 4. The van der Waals surface area contributed by atoms with E-state index in [0.29, 0.717) is 21.9 Å². The zero-order chi connectivity index (χ0) is 15.6. The van der Waals surface area contributed by atoms with Crippen LogP contribution in [0.3, 0.4) is 0 Å². The quantitative estimate of drug-likeness (QED) is 0.790. The van der Waals surface area contributed by atoms with Crippen molar-refractivity contribution >= 4 is 17.1 Å². The maximum absolute atomic E-state index is 12.7. The molecule has 0 unspecified atom stereocenters.